The van der Waals surface area contributed by atoms with Crippen molar-refractivity contribution in [3.8, 4) is 0 Å². The van der Waals surface area contributed by atoms with Crippen molar-refractivity contribution >= 4 is 29.3 Å². The van der Waals surface area contributed by atoms with Gasteiger partial charge < -0.3 is 16.8 Å². The van der Waals surface area contributed by atoms with Crippen LogP contribution in [0.2, 0.25) is 0 Å². The van der Waals surface area contributed by atoms with Crippen LogP contribution in [-0.2, 0) is 45.0 Å². The molecule has 0 aliphatic carbocycles. The molecule has 0 bridgehead atoms. The molecule has 4 rings (SSSR count). The van der Waals surface area contributed by atoms with E-state index in [-0.39, 0.29) is 25.8 Å². The van der Waals surface area contributed by atoms with Crippen molar-refractivity contribution in [2.45, 2.75) is 31.8 Å². The molecule has 0 aliphatic heterocycles. The Balaban J connectivity index is 1.66. The van der Waals surface area contributed by atoms with Crippen LogP contribution in [0.1, 0.15) is 33.9 Å². The molecule has 0 heterocycles. The highest BCUT2D eigenvalue weighted by Crippen LogP contribution is 2.26. The average Bonchev–Trinajstić information content (AvgIpc) is 2.96. The molecule has 5 N–H and O–H groups in total. The van der Waals surface area contributed by atoms with Gasteiger partial charge in [-0.3, -0.25) is 24.1 Å². The summed E-state index contributed by atoms with van der Waals surface area (Å²) in [6.45, 7) is 0.141. The van der Waals surface area contributed by atoms with Gasteiger partial charge in [0.15, 0.2) is 0 Å². The molecule has 0 aromatic heterocycles. The van der Waals surface area contributed by atoms with E-state index in [0.717, 1.165) is 27.2 Å². The largest absolute Gasteiger partial charge is 0.399 e. The standard InChI is InChI=1S/C33H32N4O4/c34-28-13-7-12-27(21-28)32(33(41)36-22-26-16-14-25(15-17-26)18-29(35)38)37(30(39)19-23-8-3-1-4-9-23)31(40)20-24-10-5-2-6-11-24/h1-17,21,32H,18-20,22,34H2,(H2,35,38)(H,36,41). The third-order valence-corrected chi connectivity index (χ3v) is 6.53. The maximum atomic E-state index is 13.8. The summed E-state index contributed by atoms with van der Waals surface area (Å²) < 4.78 is 0. The number of nitrogens with zero attached hydrogens (tertiary/aromatic N) is 1. The summed E-state index contributed by atoms with van der Waals surface area (Å²) in [5.74, 6) is -1.97. The molecule has 1 unspecified atom stereocenters. The van der Waals surface area contributed by atoms with Gasteiger partial charge in [0.2, 0.25) is 23.6 Å². The number of nitrogens with two attached hydrogens (primary N) is 2. The SMILES string of the molecule is NC(=O)Cc1ccc(CNC(=O)C(c2cccc(N)c2)N(C(=O)Cc2ccccc2)C(=O)Cc2ccccc2)cc1. The Kier molecular flexibility index (Phi) is 9.62. The van der Waals surface area contributed by atoms with Crippen LogP contribution in [0.5, 0.6) is 0 Å². The Morgan fingerprint density at radius 2 is 1.15 bits per heavy atom. The van der Waals surface area contributed by atoms with Gasteiger partial charge in [0.25, 0.3) is 0 Å². The quantitative estimate of drug-likeness (QED) is 0.247. The van der Waals surface area contributed by atoms with Gasteiger partial charge in [-0.1, -0.05) is 97.1 Å². The average molecular weight is 549 g/mol. The van der Waals surface area contributed by atoms with E-state index in [1.807, 2.05) is 36.4 Å². The first-order chi connectivity index (χ1) is 19.8. The zero-order valence-corrected chi connectivity index (χ0v) is 22.5. The monoisotopic (exact) mass is 548 g/mol. The van der Waals surface area contributed by atoms with Crippen molar-refractivity contribution in [1.82, 2.24) is 10.2 Å². The molecule has 4 amide bonds. The Morgan fingerprint density at radius 3 is 1.66 bits per heavy atom. The Bertz CT molecular complexity index is 1450. The van der Waals surface area contributed by atoms with Crippen molar-refractivity contribution in [2.75, 3.05) is 5.73 Å². The van der Waals surface area contributed by atoms with Gasteiger partial charge in [-0.25, -0.2) is 0 Å². The summed E-state index contributed by atoms with van der Waals surface area (Å²) in [4.78, 5) is 53.7. The highest BCUT2D eigenvalue weighted by molar-refractivity contribution is 6.02. The predicted octanol–water partition coefficient (Wildman–Crippen LogP) is 3.49. The molecule has 1 atom stereocenters. The molecular formula is C33H32N4O4. The fourth-order valence-electron chi connectivity index (χ4n) is 4.55. The summed E-state index contributed by atoms with van der Waals surface area (Å²) in [6.07, 6.45) is -0.00423. The van der Waals surface area contributed by atoms with Crippen LogP contribution in [0.25, 0.3) is 0 Å². The summed E-state index contributed by atoms with van der Waals surface area (Å²) in [5.41, 5.74) is 15.1. The second kappa shape index (κ2) is 13.7. The van der Waals surface area contributed by atoms with Crippen molar-refractivity contribution in [1.29, 1.82) is 0 Å². The summed E-state index contributed by atoms with van der Waals surface area (Å²) >= 11 is 0. The highest BCUT2D eigenvalue weighted by Gasteiger charge is 2.36. The van der Waals surface area contributed by atoms with Gasteiger partial charge in [0.1, 0.15) is 6.04 Å². The third kappa shape index (κ3) is 8.12. The summed E-state index contributed by atoms with van der Waals surface area (Å²) in [6, 6.07) is 30.6. The normalized spacial score (nSPS) is 11.3. The lowest BCUT2D eigenvalue weighted by atomic mass is 10.0. The summed E-state index contributed by atoms with van der Waals surface area (Å²) in [5, 5.41) is 2.88. The number of amides is 4. The second-order valence-electron chi connectivity index (χ2n) is 9.73. The number of hydrogen-bond acceptors (Lipinski definition) is 5. The van der Waals surface area contributed by atoms with Crippen LogP contribution in [0.3, 0.4) is 0 Å². The van der Waals surface area contributed by atoms with Gasteiger partial charge in [0, 0.05) is 12.2 Å². The Labute approximate surface area is 239 Å². The van der Waals surface area contributed by atoms with E-state index >= 15 is 0 Å². The molecule has 208 valence electrons. The maximum absolute atomic E-state index is 13.8. The Morgan fingerprint density at radius 1 is 0.634 bits per heavy atom. The van der Waals surface area contributed by atoms with Crippen molar-refractivity contribution in [3.63, 3.8) is 0 Å². The predicted molar refractivity (Wildman–Crippen MR) is 157 cm³/mol. The van der Waals surface area contributed by atoms with Gasteiger partial charge in [-0.05, 0) is 39.9 Å². The van der Waals surface area contributed by atoms with E-state index in [2.05, 4.69) is 5.32 Å². The van der Waals surface area contributed by atoms with E-state index in [4.69, 9.17) is 11.5 Å². The maximum Gasteiger partial charge on any atom is 0.248 e. The molecular weight excluding hydrogens is 516 g/mol. The van der Waals surface area contributed by atoms with Crippen molar-refractivity contribution < 1.29 is 19.2 Å². The van der Waals surface area contributed by atoms with Crippen LogP contribution in [0.4, 0.5) is 5.69 Å². The summed E-state index contributed by atoms with van der Waals surface area (Å²) in [7, 11) is 0. The van der Waals surface area contributed by atoms with Crippen LogP contribution in [-0.4, -0.2) is 28.5 Å². The first kappa shape index (κ1) is 28.8. The first-order valence-corrected chi connectivity index (χ1v) is 13.2. The molecule has 8 heteroatoms. The minimum absolute atomic E-state index is 0.0607. The molecule has 0 radical (unpaired) electrons. The number of benzene rings is 4. The van der Waals surface area contributed by atoms with E-state index in [0.29, 0.717) is 11.3 Å². The van der Waals surface area contributed by atoms with Crippen LogP contribution in [0, 0.1) is 0 Å². The number of primary amides is 1. The van der Waals surface area contributed by atoms with E-state index in [9.17, 15) is 19.2 Å². The molecule has 0 saturated heterocycles. The molecule has 0 saturated carbocycles. The van der Waals surface area contributed by atoms with Crippen molar-refractivity contribution in [2.24, 2.45) is 5.73 Å². The number of anilines is 1. The molecule has 41 heavy (non-hydrogen) atoms. The number of carbonyl (C=O) groups is 4. The Hall–Kier alpha value is -5.24. The van der Waals surface area contributed by atoms with Gasteiger partial charge in [-0.2, -0.15) is 0 Å². The van der Waals surface area contributed by atoms with Crippen LogP contribution in [0.15, 0.2) is 109 Å². The number of imide groups is 1. The van der Waals surface area contributed by atoms with E-state index in [1.54, 1.807) is 72.8 Å². The zero-order chi connectivity index (χ0) is 29.2. The smallest absolute Gasteiger partial charge is 0.248 e. The second-order valence-corrected chi connectivity index (χ2v) is 9.73. The molecule has 4 aromatic rings. The number of hydrogen-bond donors (Lipinski definition) is 3. The molecule has 0 spiro atoms. The lowest BCUT2D eigenvalue weighted by Gasteiger charge is -2.30. The number of carbonyl (C=O) groups excluding carboxylic acids is 4. The van der Waals surface area contributed by atoms with Gasteiger partial charge in [0.05, 0.1) is 19.3 Å². The lowest BCUT2D eigenvalue weighted by Crippen LogP contribution is -2.48. The molecule has 0 aliphatic rings. The molecule has 4 aromatic carbocycles. The third-order valence-electron chi connectivity index (χ3n) is 6.53. The lowest BCUT2D eigenvalue weighted by molar-refractivity contribution is -0.152. The topological polar surface area (TPSA) is 136 Å². The number of rotatable bonds is 11. The van der Waals surface area contributed by atoms with Crippen LogP contribution < -0.4 is 16.8 Å². The number of nitrogens with one attached hydrogen (secondary N) is 1. The minimum Gasteiger partial charge on any atom is -0.399 e. The first-order valence-electron chi connectivity index (χ1n) is 13.2. The highest BCUT2D eigenvalue weighted by atomic mass is 16.2. The van der Waals surface area contributed by atoms with Crippen molar-refractivity contribution in [3.05, 3.63) is 137 Å². The minimum atomic E-state index is -1.25. The van der Waals surface area contributed by atoms with Gasteiger partial charge in [-0.15, -0.1) is 0 Å². The molecule has 0 fully saturated rings. The zero-order valence-electron chi connectivity index (χ0n) is 22.5. The van der Waals surface area contributed by atoms with Gasteiger partial charge >= 0.3 is 0 Å². The van der Waals surface area contributed by atoms with E-state index < -0.39 is 29.7 Å². The molecule has 8 nitrogen and oxygen atoms in total. The fraction of sp³-hybridized carbons (Fsp3) is 0.152. The van der Waals surface area contributed by atoms with Crippen LogP contribution >= 0.6 is 0 Å². The van der Waals surface area contributed by atoms with E-state index in [1.165, 1.54) is 0 Å². The number of nitrogen functional groups attached to an aromatic ring is 1. The fourth-order valence-corrected chi connectivity index (χ4v) is 4.55.